The summed E-state index contributed by atoms with van der Waals surface area (Å²) >= 11 is 5.88. The van der Waals surface area contributed by atoms with Crippen molar-refractivity contribution in [2.45, 2.75) is 12.8 Å². The molecule has 1 amide bonds. The molecule has 1 saturated heterocycles. The lowest BCUT2D eigenvalue weighted by molar-refractivity contribution is 0.0690. The van der Waals surface area contributed by atoms with Gasteiger partial charge in [-0.05, 0) is 37.0 Å². The Morgan fingerprint density at radius 1 is 1.32 bits per heavy atom. The molecule has 0 saturated carbocycles. The maximum absolute atomic E-state index is 12.3. The number of carbonyl (C=O) groups excluding carboxylic acids is 1. The maximum atomic E-state index is 12.3. The topological polar surface area (TPSA) is 105 Å². The average molecular weight is 405 g/mol. The van der Waals surface area contributed by atoms with E-state index in [1.54, 1.807) is 31.4 Å². The number of anilines is 1. The van der Waals surface area contributed by atoms with Crippen LogP contribution in [-0.2, 0) is 0 Å². The lowest BCUT2D eigenvalue weighted by Crippen LogP contribution is -2.39. The highest BCUT2D eigenvalue weighted by atomic mass is 35.5. The maximum Gasteiger partial charge on any atom is 0.356 e. The second kappa shape index (κ2) is 8.88. The first-order valence-corrected chi connectivity index (χ1v) is 9.28. The summed E-state index contributed by atoms with van der Waals surface area (Å²) in [5.74, 6) is 0.147. The molecular formula is C19H21ClN4O4. The molecule has 0 aromatic carbocycles. The fourth-order valence-corrected chi connectivity index (χ4v) is 3.30. The van der Waals surface area contributed by atoms with Gasteiger partial charge in [0.25, 0.3) is 5.91 Å². The van der Waals surface area contributed by atoms with E-state index >= 15 is 0 Å². The zero-order chi connectivity index (χ0) is 20.1. The van der Waals surface area contributed by atoms with Gasteiger partial charge in [0.2, 0.25) is 0 Å². The first-order valence-electron chi connectivity index (χ1n) is 8.91. The van der Waals surface area contributed by atoms with Gasteiger partial charge >= 0.3 is 5.97 Å². The highest BCUT2D eigenvalue weighted by Gasteiger charge is 2.22. The van der Waals surface area contributed by atoms with E-state index in [4.69, 9.17) is 21.4 Å². The third-order valence-corrected chi connectivity index (χ3v) is 5.03. The summed E-state index contributed by atoms with van der Waals surface area (Å²) in [5, 5.41) is 12.2. The number of piperidine rings is 1. The van der Waals surface area contributed by atoms with Crippen LogP contribution in [0.2, 0.25) is 5.02 Å². The van der Waals surface area contributed by atoms with Crippen LogP contribution in [0.1, 0.15) is 33.8 Å². The number of amides is 1. The number of aromatic carboxylic acids is 1. The molecule has 0 radical (unpaired) electrons. The number of ether oxygens (including phenoxy) is 1. The predicted molar refractivity (Wildman–Crippen MR) is 104 cm³/mol. The van der Waals surface area contributed by atoms with E-state index in [0.717, 1.165) is 25.9 Å². The Morgan fingerprint density at radius 2 is 2.07 bits per heavy atom. The molecule has 0 spiro atoms. The molecule has 8 nitrogen and oxygen atoms in total. The molecule has 28 heavy (non-hydrogen) atoms. The molecule has 0 unspecified atom stereocenters. The molecule has 1 aliphatic heterocycles. The Balaban J connectivity index is 1.52. The third-order valence-electron chi connectivity index (χ3n) is 4.72. The minimum absolute atomic E-state index is 0.125. The molecule has 2 aromatic rings. The summed E-state index contributed by atoms with van der Waals surface area (Å²) in [5.41, 5.74) is 0.183. The molecule has 148 valence electrons. The van der Waals surface area contributed by atoms with Gasteiger partial charge in [-0.2, -0.15) is 0 Å². The van der Waals surface area contributed by atoms with Gasteiger partial charge in [0, 0.05) is 31.9 Å². The molecule has 9 heteroatoms. The summed E-state index contributed by atoms with van der Waals surface area (Å²) in [4.78, 5) is 33.7. The van der Waals surface area contributed by atoms with E-state index in [1.807, 2.05) is 4.90 Å². The molecule has 2 N–H and O–H groups in total. The number of carboxylic acids is 1. The van der Waals surface area contributed by atoms with Gasteiger partial charge in [-0.25, -0.2) is 9.78 Å². The number of hydrogen-bond donors (Lipinski definition) is 2. The standard InChI is InChI=1S/C19H21ClN4O4/c1-28-13-4-7-21-15(10-13)18(25)22-11-12-5-8-24(9-6-12)16-3-2-14(20)17(23-16)19(26)27/h2-4,7,10,12H,5-6,8-9,11H2,1H3,(H,22,25)(H,26,27). The number of rotatable bonds is 6. The number of nitrogens with one attached hydrogen (secondary N) is 1. The Bertz CT molecular complexity index is 869. The van der Waals surface area contributed by atoms with Crippen LogP contribution in [0.5, 0.6) is 5.75 Å². The molecule has 0 bridgehead atoms. The van der Waals surface area contributed by atoms with Crippen molar-refractivity contribution in [1.29, 1.82) is 0 Å². The minimum Gasteiger partial charge on any atom is -0.497 e. The fourth-order valence-electron chi connectivity index (χ4n) is 3.11. The summed E-state index contributed by atoms with van der Waals surface area (Å²) in [6, 6.07) is 6.57. The molecule has 0 atom stereocenters. The molecule has 1 fully saturated rings. The van der Waals surface area contributed by atoms with Crippen LogP contribution < -0.4 is 15.0 Å². The van der Waals surface area contributed by atoms with E-state index < -0.39 is 5.97 Å². The smallest absolute Gasteiger partial charge is 0.356 e. The van der Waals surface area contributed by atoms with Gasteiger partial charge < -0.3 is 20.1 Å². The van der Waals surface area contributed by atoms with Crippen molar-refractivity contribution in [3.8, 4) is 5.75 Å². The van der Waals surface area contributed by atoms with Gasteiger partial charge in [-0.1, -0.05) is 11.6 Å². The lowest BCUT2D eigenvalue weighted by atomic mass is 9.96. The highest BCUT2D eigenvalue weighted by Crippen LogP contribution is 2.24. The summed E-state index contributed by atoms with van der Waals surface area (Å²) < 4.78 is 5.11. The second-order valence-corrected chi connectivity index (χ2v) is 6.93. The van der Waals surface area contributed by atoms with Crippen LogP contribution in [-0.4, -0.2) is 53.7 Å². The number of carboxylic acid groups (broad SMARTS) is 1. The van der Waals surface area contributed by atoms with E-state index in [2.05, 4.69) is 15.3 Å². The molecule has 0 aliphatic carbocycles. The number of methoxy groups -OCH3 is 1. The SMILES string of the molecule is COc1ccnc(C(=O)NCC2CCN(c3ccc(Cl)c(C(=O)O)n3)CC2)c1. The first kappa shape index (κ1) is 19.9. The summed E-state index contributed by atoms with van der Waals surface area (Å²) in [6.45, 7) is 2.01. The van der Waals surface area contributed by atoms with Gasteiger partial charge in [-0.15, -0.1) is 0 Å². The Labute approximate surface area is 167 Å². The van der Waals surface area contributed by atoms with Crippen molar-refractivity contribution in [3.05, 3.63) is 46.9 Å². The van der Waals surface area contributed by atoms with Crippen molar-refractivity contribution >= 4 is 29.3 Å². The number of nitrogens with zero attached hydrogens (tertiary/aromatic N) is 3. The van der Waals surface area contributed by atoms with Crippen molar-refractivity contribution in [1.82, 2.24) is 15.3 Å². The van der Waals surface area contributed by atoms with Gasteiger partial charge in [-0.3, -0.25) is 9.78 Å². The van der Waals surface area contributed by atoms with E-state index in [9.17, 15) is 9.59 Å². The zero-order valence-electron chi connectivity index (χ0n) is 15.4. The second-order valence-electron chi connectivity index (χ2n) is 6.53. The average Bonchev–Trinajstić information content (AvgIpc) is 2.72. The van der Waals surface area contributed by atoms with E-state index in [1.165, 1.54) is 6.20 Å². The monoisotopic (exact) mass is 404 g/mol. The quantitative estimate of drug-likeness (QED) is 0.761. The van der Waals surface area contributed by atoms with Crippen LogP contribution in [0.3, 0.4) is 0 Å². The van der Waals surface area contributed by atoms with Crippen molar-refractivity contribution in [2.75, 3.05) is 31.6 Å². The van der Waals surface area contributed by atoms with Crippen LogP contribution in [0.25, 0.3) is 0 Å². The van der Waals surface area contributed by atoms with Gasteiger partial charge in [0.1, 0.15) is 17.3 Å². The summed E-state index contributed by atoms with van der Waals surface area (Å²) in [7, 11) is 1.54. The third kappa shape index (κ3) is 4.69. The van der Waals surface area contributed by atoms with Crippen LogP contribution in [0, 0.1) is 5.92 Å². The normalized spacial score (nSPS) is 14.6. The van der Waals surface area contributed by atoms with E-state index in [0.29, 0.717) is 29.7 Å². The minimum atomic E-state index is -1.14. The van der Waals surface area contributed by atoms with Crippen LogP contribution >= 0.6 is 11.6 Å². The zero-order valence-corrected chi connectivity index (χ0v) is 16.1. The first-order chi connectivity index (χ1) is 13.5. The largest absolute Gasteiger partial charge is 0.497 e. The Morgan fingerprint density at radius 3 is 2.75 bits per heavy atom. The van der Waals surface area contributed by atoms with E-state index in [-0.39, 0.29) is 16.6 Å². The molecular weight excluding hydrogens is 384 g/mol. The molecule has 3 rings (SSSR count). The number of pyridine rings is 2. The van der Waals surface area contributed by atoms with Crippen molar-refractivity contribution in [3.63, 3.8) is 0 Å². The van der Waals surface area contributed by atoms with Gasteiger partial charge in [0.05, 0.1) is 12.1 Å². The predicted octanol–water partition coefficient (Wildman–Crippen LogP) is 2.48. The highest BCUT2D eigenvalue weighted by molar-refractivity contribution is 6.33. The Kier molecular flexibility index (Phi) is 6.30. The molecule has 3 heterocycles. The van der Waals surface area contributed by atoms with Gasteiger partial charge in [0.15, 0.2) is 5.69 Å². The lowest BCUT2D eigenvalue weighted by Gasteiger charge is -2.33. The van der Waals surface area contributed by atoms with Crippen LogP contribution in [0.15, 0.2) is 30.5 Å². The molecule has 2 aromatic heterocycles. The van der Waals surface area contributed by atoms with Crippen molar-refractivity contribution < 1.29 is 19.4 Å². The number of aromatic nitrogens is 2. The van der Waals surface area contributed by atoms with Crippen molar-refractivity contribution in [2.24, 2.45) is 5.92 Å². The Hall–Kier alpha value is -2.87. The number of halogens is 1. The molecule has 1 aliphatic rings. The fraction of sp³-hybridized carbons (Fsp3) is 0.368. The van der Waals surface area contributed by atoms with Crippen LogP contribution in [0.4, 0.5) is 5.82 Å². The number of hydrogen-bond acceptors (Lipinski definition) is 6. The summed E-state index contributed by atoms with van der Waals surface area (Å²) in [6.07, 6.45) is 3.26. The number of carbonyl (C=O) groups is 2.